The van der Waals surface area contributed by atoms with Crippen molar-refractivity contribution in [1.82, 2.24) is 0 Å². The Hall–Kier alpha value is -1.04. The molecule has 2 atom stereocenters. The second-order valence-electron chi connectivity index (χ2n) is 8.94. The van der Waals surface area contributed by atoms with E-state index in [1.165, 1.54) is 44.1 Å². The van der Waals surface area contributed by atoms with E-state index in [0.29, 0.717) is 5.75 Å². The molecule has 0 bridgehead atoms. The number of carboxylic acids is 1. The first-order valence-corrected chi connectivity index (χ1v) is 12.3. The van der Waals surface area contributed by atoms with E-state index in [2.05, 4.69) is 6.08 Å². The molecule has 5 heteroatoms. The smallest absolute Gasteiger partial charge is 0.337 e. The van der Waals surface area contributed by atoms with Crippen LogP contribution in [0.2, 0.25) is 0 Å². The summed E-state index contributed by atoms with van der Waals surface area (Å²) in [6.45, 7) is 3.88. The lowest BCUT2D eigenvalue weighted by Crippen LogP contribution is -2.55. The molecule has 4 N–H and O–H groups in total. The van der Waals surface area contributed by atoms with Gasteiger partial charge in [0.25, 0.3) is 0 Å². The summed E-state index contributed by atoms with van der Waals surface area (Å²) in [7, 11) is 0. The fourth-order valence-corrected chi connectivity index (χ4v) is 5.07. The van der Waals surface area contributed by atoms with Crippen molar-refractivity contribution < 1.29 is 15.0 Å². The van der Waals surface area contributed by atoms with Gasteiger partial charge in [-0.1, -0.05) is 55.6 Å². The van der Waals surface area contributed by atoms with Crippen LogP contribution >= 0.6 is 11.8 Å². The van der Waals surface area contributed by atoms with E-state index in [1.807, 2.05) is 32.1 Å². The lowest BCUT2D eigenvalue weighted by Gasteiger charge is -2.31. The number of hydrogen-bond donors (Lipinski definition) is 3. The minimum atomic E-state index is -1.92. The Balaban J connectivity index is 1.95. The predicted octanol–water partition coefficient (Wildman–Crippen LogP) is 5.08. The van der Waals surface area contributed by atoms with Gasteiger partial charge >= 0.3 is 5.97 Å². The Morgan fingerprint density at radius 3 is 2.55 bits per heavy atom. The average Bonchev–Trinajstić information content (AvgIpc) is 3.45. The number of carbonyl (C=O) groups is 1. The molecule has 0 aromatic rings. The molecule has 2 saturated carbocycles. The number of hydrogen-bond acceptors (Lipinski definition) is 4. The minimum Gasteiger partial charge on any atom is -0.479 e. The number of carboxylic acid groups (broad SMARTS) is 1. The SMILES string of the molecule is C/C=C/C=C(\C=C(/C)CC(O)(C(=O)O)C(N)CSCC1CCC1)CCCC1CC1. The summed E-state index contributed by atoms with van der Waals surface area (Å²) in [5.41, 5.74) is 6.29. The Kier molecular flexibility index (Phi) is 10.0. The summed E-state index contributed by atoms with van der Waals surface area (Å²) in [5.74, 6) is 1.90. The topological polar surface area (TPSA) is 83.5 Å². The van der Waals surface area contributed by atoms with Crippen LogP contribution < -0.4 is 5.73 Å². The third-order valence-electron chi connectivity index (χ3n) is 6.12. The second-order valence-corrected chi connectivity index (χ2v) is 10.0. The molecule has 29 heavy (non-hydrogen) atoms. The quantitative estimate of drug-likeness (QED) is 0.341. The molecule has 0 aliphatic heterocycles. The van der Waals surface area contributed by atoms with E-state index in [9.17, 15) is 15.0 Å². The molecule has 0 heterocycles. The first kappa shape index (κ1) is 24.2. The van der Waals surface area contributed by atoms with Crippen LogP contribution in [0.1, 0.15) is 71.6 Å². The summed E-state index contributed by atoms with van der Waals surface area (Å²) in [6, 6.07) is -0.786. The Labute approximate surface area is 180 Å². The number of rotatable bonds is 14. The van der Waals surface area contributed by atoms with Crippen LogP contribution in [-0.2, 0) is 4.79 Å². The minimum absolute atomic E-state index is 0.0588. The van der Waals surface area contributed by atoms with Gasteiger partial charge in [0.15, 0.2) is 5.60 Å². The van der Waals surface area contributed by atoms with Crippen molar-refractivity contribution in [3.63, 3.8) is 0 Å². The first-order valence-electron chi connectivity index (χ1n) is 11.1. The zero-order valence-corrected chi connectivity index (χ0v) is 18.9. The number of thioether (sulfide) groups is 1. The summed E-state index contributed by atoms with van der Waals surface area (Å²) in [5, 5.41) is 20.6. The molecule has 0 saturated heterocycles. The van der Waals surface area contributed by atoms with Crippen LogP contribution in [0.25, 0.3) is 0 Å². The first-order chi connectivity index (χ1) is 13.8. The van der Waals surface area contributed by atoms with E-state index < -0.39 is 17.6 Å². The van der Waals surface area contributed by atoms with E-state index in [-0.39, 0.29) is 6.42 Å². The molecule has 0 aromatic heterocycles. The van der Waals surface area contributed by atoms with Gasteiger partial charge < -0.3 is 15.9 Å². The van der Waals surface area contributed by atoms with Crippen LogP contribution in [0.3, 0.4) is 0 Å². The molecule has 4 nitrogen and oxygen atoms in total. The summed E-state index contributed by atoms with van der Waals surface area (Å²) >= 11 is 1.67. The van der Waals surface area contributed by atoms with Gasteiger partial charge in [-0.3, -0.25) is 0 Å². The van der Waals surface area contributed by atoms with Gasteiger partial charge in [0.1, 0.15) is 0 Å². The fourth-order valence-electron chi connectivity index (χ4n) is 3.74. The van der Waals surface area contributed by atoms with E-state index in [4.69, 9.17) is 5.73 Å². The predicted molar refractivity (Wildman–Crippen MR) is 123 cm³/mol. The highest BCUT2D eigenvalue weighted by molar-refractivity contribution is 7.99. The van der Waals surface area contributed by atoms with E-state index >= 15 is 0 Å². The van der Waals surface area contributed by atoms with Crippen molar-refractivity contribution in [2.45, 2.75) is 83.3 Å². The molecule has 0 radical (unpaired) electrons. The Morgan fingerprint density at radius 1 is 1.28 bits per heavy atom. The van der Waals surface area contributed by atoms with Crippen molar-refractivity contribution in [2.75, 3.05) is 11.5 Å². The third-order valence-corrected chi connectivity index (χ3v) is 7.42. The molecule has 2 aliphatic carbocycles. The summed E-state index contributed by atoms with van der Waals surface area (Å²) < 4.78 is 0. The molecule has 2 aliphatic rings. The molecular formula is C24H39NO3S. The van der Waals surface area contributed by atoms with Crippen molar-refractivity contribution in [1.29, 1.82) is 0 Å². The largest absolute Gasteiger partial charge is 0.479 e. The molecular weight excluding hydrogens is 382 g/mol. The zero-order chi connectivity index (χ0) is 21.3. The number of aliphatic carboxylic acids is 1. The van der Waals surface area contributed by atoms with Crippen LogP contribution in [0.4, 0.5) is 0 Å². The fraction of sp³-hybridized carbons (Fsp3) is 0.708. The standard InChI is InChI=1S/C24H39NO3S/c1-3-4-7-20(9-5-8-19-12-13-19)14-18(2)15-24(28,23(26)27)22(25)17-29-16-21-10-6-11-21/h3-4,7,14,19,21-22,28H,5-6,8-13,15-17,25H2,1-2H3,(H,26,27)/b4-3+,18-14+,20-7-. The Morgan fingerprint density at radius 2 is 2.00 bits per heavy atom. The van der Waals surface area contributed by atoms with Gasteiger partial charge in [-0.05, 0) is 62.7 Å². The van der Waals surface area contributed by atoms with Crippen LogP contribution in [0.5, 0.6) is 0 Å². The number of nitrogens with two attached hydrogens (primary N) is 1. The monoisotopic (exact) mass is 421 g/mol. The number of allylic oxidation sites excluding steroid dienone is 5. The highest BCUT2D eigenvalue weighted by Gasteiger charge is 2.42. The highest BCUT2D eigenvalue weighted by atomic mass is 32.2. The molecule has 2 rings (SSSR count). The molecule has 164 valence electrons. The molecule has 0 spiro atoms. The van der Waals surface area contributed by atoms with Crippen LogP contribution in [-0.4, -0.2) is 39.3 Å². The van der Waals surface area contributed by atoms with Gasteiger partial charge in [-0.2, -0.15) is 11.8 Å². The molecule has 2 fully saturated rings. The highest BCUT2D eigenvalue weighted by Crippen LogP contribution is 2.35. The normalized spacial score (nSPS) is 21.8. The van der Waals surface area contributed by atoms with Gasteiger partial charge in [0.05, 0.1) is 6.04 Å². The molecule has 0 aromatic carbocycles. The van der Waals surface area contributed by atoms with Gasteiger partial charge in [0.2, 0.25) is 0 Å². The lowest BCUT2D eigenvalue weighted by atomic mass is 9.87. The van der Waals surface area contributed by atoms with Crippen molar-refractivity contribution >= 4 is 17.7 Å². The number of aliphatic hydroxyl groups is 1. The second kappa shape index (κ2) is 12.0. The van der Waals surface area contributed by atoms with Crippen molar-refractivity contribution in [2.24, 2.45) is 17.6 Å². The lowest BCUT2D eigenvalue weighted by molar-refractivity contribution is -0.160. The van der Waals surface area contributed by atoms with Crippen LogP contribution in [0, 0.1) is 11.8 Å². The Bertz CT molecular complexity index is 620. The maximum atomic E-state index is 11.9. The zero-order valence-electron chi connectivity index (χ0n) is 18.1. The van der Waals surface area contributed by atoms with E-state index in [0.717, 1.165) is 36.0 Å². The summed E-state index contributed by atoms with van der Waals surface area (Å²) in [4.78, 5) is 11.9. The van der Waals surface area contributed by atoms with E-state index in [1.54, 1.807) is 11.8 Å². The van der Waals surface area contributed by atoms with Crippen molar-refractivity contribution in [3.05, 3.63) is 35.5 Å². The maximum absolute atomic E-state index is 11.9. The van der Waals surface area contributed by atoms with Gasteiger partial charge in [0, 0.05) is 12.2 Å². The van der Waals surface area contributed by atoms with Crippen LogP contribution in [0.15, 0.2) is 35.5 Å². The molecule has 2 unspecified atom stereocenters. The van der Waals surface area contributed by atoms with Gasteiger partial charge in [-0.25, -0.2) is 4.79 Å². The maximum Gasteiger partial charge on any atom is 0.337 e. The molecule has 0 amide bonds. The summed E-state index contributed by atoms with van der Waals surface area (Å²) in [6.07, 6.45) is 18.1. The van der Waals surface area contributed by atoms with Crippen molar-refractivity contribution in [3.8, 4) is 0 Å². The third kappa shape index (κ3) is 8.31. The van der Waals surface area contributed by atoms with Gasteiger partial charge in [-0.15, -0.1) is 0 Å². The average molecular weight is 422 g/mol.